The van der Waals surface area contributed by atoms with Gasteiger partial charge < -0.3 is 11.1 Å². The Labute approximate surface area is 127 Å². The van der Waals surface area contributed by atoms with Gasteiger partial charge in [-0.05, 0) is 51.0 Å². The van der Waals surface area contributed by atoms with Crippen LogP contribution in [0.25, 0.3) is 0 Å². The van der Waals surface area contributed by atoms with E-state index in [4.69, 9.17) is 5.73 Å². The van der Waals surface area contributed by atoms with Crippen LogP contribution in [0.15, 0.2) is 0 Å². The predicted octanol–water partition coefficient (Wildman–Crippen LogP) is 1.39. The Morgan fingerprint density at radius 2 is 2.19 bits per heavy atom. The van der Waals surface area contributed by atoms with Crippen molar-refractivity contribution >= 4 is 5.91 Å². The Hall–Kier alpha value is -1.12. The van der Waals surface area contributed by atoms with Crippen molar-refractivity contribution in [2.75, 3.05) is 19.6 Å². The Morgan fingerprint density at radius 3 is 2.76 bits per heavy atom. The molecule has 2 unspecified atom stereocenters. The number of rotatable bonds is 5. The van der Waals surface area contributed by atoms with Gasteiger partial charge in [-0.15, -0.1) is 0 Å². The Balaban J connectivity index is 1.88. The van der Waals surface area contributed by atoms with Crippen molar-refractivity contribution in [3.05, 3.63) is 0 Å². The van der Waals surface area contributed by atoms with Crippen molar-refractivity contribution in [1.29, 1.82) is 5.26 Å². The lowest BCUT2D eigenvalue weighted by molar-refractivity contribution is -0.124. The molecule has 1 saturated carbocycles. The van der Waals surface area contributed by atoms with Crippen molar-refractivity contribution in [1.82, 2.24) is 10.2 Å². The smallest absolute Gasteiger partial charge is 0.235 e. The maximum Gasteiger partial charge on any atom is 0.235 e. The summed E-state index contributed by atoms with van der Waals surface area (Å²) < 4.78 is 0. The average Bonchev–Trinajstić information content (AvgIpc) is 2.96. The molecular formula is C16H28N4O. The number of nitriles is 1. The maximum absolute atomic E-state index is 12.3. The summed E-state index contributed by atoms with van der Waals surface area (Å²) in [6.07, 6.45) is 7.05. The first-order valence-electron chi connectivity index (χ1n) is 8.29. The van der Waals surface area contributed by atoms with E-state index in [2.05, 4.69) is 23.2 Å². The number of piperidine rings is 1. The topological polar surface area (TPSA) is 82.2 Å². The Kier molecular flexibility index (Phi) is 5.60. The van der Waals surface area contributed by atoms with E-state index in [-0.39, 0.29) is 5.91 Å². The van der Waals surface area contributed by atoms with Crippen LogP contribution in [0.1, 0.15) is 51.9 Å². The van der Waals surface area contributed by atoms with E-state index in [1.807, 2.05) is 0 Å². The van der Waals surface area contributed by atoms with Crippen LogP contribution in [0, 0.1) is 17.2 Å². The van der Waals surface area contributed by atoms with Gasteiger partial charge in [0.15, 0.2) is 0 Å². The van der Waals surface area contributed by atoms with E-state index >= 15 is 0 Å². The highest BCUT2D eigenvalue weighted by molar-refractivity contribution is 5.79. The van der Waals surface area contributed by atoms with E-state index in [1.54, 1.807) is 0 Å². The molecular weight excluding hydrogens is 264 g/mol. The van der Waals surface area contributed by atoms with E-state index in [9.17, 15) is 10.1 Å². The number of nitrogens with zero attached hydrogens (tertiary/aromatic N) is 2. The number of amides is 1. The maximum atomic E-state index is 12.3. The van der Waals surface area contributed by atoms with Crippen LogP contribution in [0.4, 0.5) is 0 Å². The van der Waals surface area contributed by atoms with Crippen LogP contribution in [0.3, 0.4) is 0 Å². The van der Waals surface area contributed by atoms with Crippen LogP contribution in [-0.4, -0.2) is 42.0 Å². The fourth-order valence-electron chi connectivity index (χ4n) is 3.74. The lowest BCUT2D eigenvalue weighted by Crippen LogP contribution is -2.53. The van der Waals surface area contributed by atoms with Crippen molar-refractivity contribution in [2.45, 2.75) is 63.5 Å². The minimum Gasteiger partial charge on any atom is -0.337 e. The summed E-state index contributed by atoms with van der Waals surface area (Å²) in [5.74, 6) is 0.713. The minimum absolute atomic E-state index is 0.0214. The molecule has 2 fully saturated rings. The van der Waals surface area contributed by atoms with Crippen molar-refractivity contribution in [2.24, 2.45) is 11.7 Å². The van der Waals surface area contributed by atoms with Gasteiger partial charge >= 0.3 is 0 Å². The fraction of sp³-hybridized carbons (Fsp3) is 0.875. The van der Waals surface area contributed by atoms with Gasteiger partial charge in [0.05, 0.1) is 12.6 Å². The third-order valence-corrected chi connectivity index (χ3v) is 5.19. The molecule has 1 amide bonds. The third kappa shape index (κ3) is 3.96. The first-order chi connectivity index (χ1) is 10.1. The normalized spacial score (nSPS) is 29.0. The first kappa shape index (κ1) is 16.3. The molecule has 5 heteroatoms. The van der Waals surface area contributed by atoms with Crippen molar-refractivity contribution < 1.29 is 4.79 Å². The summed E-state index contributed by atoms with van der Waals surface area (Å²) in [5.41, 5.74) is 5.26. The van der Waals surface area contributed by atoms with Crippen LogP contribution in [0.5, 0.6) is 0 Å². The van der Waals surface area contributed by atoms with Gasteiger partial charge in [0.25, 0.3) is 0 Å². The predicted molar refractivity (Wildman–Crippen MR) is 82.4 cm³/mol. The minimum atomic E-state index is -0.614. The standard InChI is InChI=1S/C16H28N4O/c1-2-13-5-8-20(14(9-13)10-17)11-15(21)19-16(12-18)6-3-4-7-16/h13-14H,2-11,17H2,1H3,(H,19,21). The van der Waals surface area contributed by atoms with Gasteiger partial charge in [-0.25, -0.2) is 0 Å². The second-order valence-corrected chi connectivity index (χ2v) is 6.61. The molecule has 5 nitrogen and oxygen atoms in total. The number of carbonyl (C=O) groups excluding carboxylic acids is 1. The molecule has 2 atom stereocenters. The van der Waals surface area contributed by atoms with E-state index < -0.39 is 5.54 Å². The number of nitrogens with two attached hydrogens (primary N) is 1. The number of likely N-dealkylation sites (tertiary alicyclic amines) is 1. The molecule has 1 heterocycles. The molecule has 21 heavy (non-hydrogen) atoms. The molecule has 0 bridgehead atoms. The lowest BCUT2D eigenvalue weighted by Gasteiger charge is -2.38. The highest BCUT2D eigenvalue weighted by Crippen LogP contribution is 2.29. The van der Waals surface area contributed by atoms with Gasteiger partial charge in [-0.1, -0.05) is 13.3 Å². The molecule has 2 aliphatic rings. The highest BCUT2D eigenvalue weighted by Gasteiger charge is 2.36. The van der Waals surface area contributed by atoms with Crippen LogP contribution in [0.2, 0.25) is 0 Å². The van der Waals surface area contributed by atoms with E-state index in [0.29, 0.717) is 19.1 Å². The molecule has 0 aromatic heterocycles. The summed E-state index contributed by atoms with van der Waals surface area (Å²) in [5, 5.41) is 12.3. The van der Waals surface area contributed by atoms with Crippen LogP contribution in [-0.2, 0) is 4.79 Å². The molecule has 118 valence electrons. The zero-order valence-corrected chi connectivity index (χ0v) is 13.1. The number of hydrogen-bond donors (Lipinski definition) is 2. The van der Waals surface area contributed by atoms with Crippen LogP contribution >= 0.6 is 0 Å². The zero-order chi connectivity index (χ0) is 15.3. The van der Waals surface area contributed by atoms with E-state index in [1.165, 1.54) is 6.42 Å². The molecule has 1 saturated heterocycles. The van der Waals surface area contributed by atoms with Crippen molar-refractivity contribution in [3.8, 4) is 6.07 Å². The molecule has 0 aromatic carbocycles. The quantitative estimate of drug-likeness (QED) is 0.802. The van der Waals surface area contributed by atoms with Gasteiger partial charge in [0.2, 0.25) is 5.91 Å². The lowest BCUT2D eigenvalue weighted by atomic mass is 9.89. The number of hydrogen-bond acceptors (Lipinski definition) is 4. The Bertz CT molecular complexity index is 398. The second-order valence-electron chi connectivity index (χ2n) is 6.61. The molecule has 0 aromatic rings. The highest BCUT2D eigenvalue weighted by atomic mass is 16.2. The summed E-state index contributed by atoms with van der Waals surface area (Å²) in [7, 11) is 0. The molecule has 0 radical (unpaired) electrons. The zero-order valence-electron chi connectivity index (χ0n) is 13.1. The van der Waals surface area contributed by atoms with E-state index in [0.717, 1.165) is 51.0 Å². The molecule has 2 rings (SSSR count). The summed E-state index contributed by atoms with van der Waals surface area (Å²) in [6, 6.07) is 2.61. The molecule has 1 aliphatic heterocycles. The fourth-order valence-corrected chi connectivity index (χ4v) is 3.74. The first-order valence-corrected chi connectivity index (χ1v) is 8.29. The van der Waals surface area contributed by atoms with Gasteiger partial charge in [0, 0.05) is 12.6 Å². The Morgan fingerprint density at radius 1 is 1.48 bits per heavy atom. The molecule has 3 N–H and O–H groups in total. The third-order valence-electron chi connectivity index (χ3n) is 5.19. The van der Waals surface area contributed by atoms with Crippen molar-refractivity contribution in [3.63, 3.8) is 0 Å². The van der Waals surface area contributed by atoms with Gasteiger partial charge in [-0.3, -0.25) is 9.69 Å². The molecule has 1 aliphatic carbocycles. The average molecular weight is 292 g/mol. The summed E-state index contributed by atoms with van der Waals surface area (Å²) >= 11 is 0. The van der Waals surface area contributed by atoms with Crippen LogP contribution < -0.4 is 11.1 Å². The summed E-state index contributed by atoms with van der Waals surface area (Å²) in [4.78, 5) is 14.5. The number of carbonyl (C=O) groups is 1. The molecule has 0 spiro atoms. The monoisotopic (exact) mass is 292 g/mol. The number of nitrogens with one attached hydrogen (secondary N) is 1. The SMILES string of the molecule is CCC1CCN(CC(=O)NC2(C#N)CCCC2)C(CN)C1. The van der Waals surface area contributed by atoms with Gasteiger partial charge in [0.1, 0.15) is 5.54 Å². The second kappa shape index (κ2) is 7.24. The largest absolute Gasteiger partial charge is 0.337 e. The summed E-state index contributed by atoms with van der Waals surface area (Å²) in [6.45, 7) is 4.14. The van der Waals surface area contributed by atoms with Gasteiger partial charge in [-0.2, -0.15) is 5.26 Å².